The van der Waals surface area contributed by atoms with Gasteiger partial charge in [0.25, 0.3) is 0 Å². The summed E-state index contributed by atoms with van der Waals surface area (Å²) in [6.45, 7) is 7.18. The number of hydrogen-bond acceptors (Lipinski definition) is 3. The maximum Gasteiger partial charge on any atom is 0.242 e. The second-order valence-corrected chi connectivity index (χ2v) is 6.28. The van der Waals surface area contributed by atoms with Crippen molar-refractivity contribution in [2.75, 3.05) is 37.6 Å². The maximum atomic E-state index is 11.6. The highest BCUT2D eigenvalue weighted by atomic mass is 127. The van der Waals surface area contributed by atoms with Crippen molar-refractivity contribution in [3.05, 3.63) is 29.3 Å². The third-order valence-corrected chi connectivity index (χ3v) is 3.88. The SMILES string of the molecule is CC(C)NC(=O)CN=C(N)N1CCN(c2ccc(Cl)cc2)CC1.I. The minimum absolute atomic E-state index is 0. The minimum Gasteiger partial charge on any atom is -0.370 e. The van der Waals surface area contributed by atoms with Crippen molar-refractivity contribution in [2.45, 2.75) is 19.9 Å². The number of rotatable bonds is 4. The number of nitrogens with one attached hydrogen (secondary N) is 1. The first-order valence-electron chi connectivity index (χ1n) is 7.80. The molecule has 0 saturated carbocycles. The van der Waals surface area contributed by atoms with Crippen LogP contribution < -0.4 is 16.0 Å². The second-order valence-electron chi connectivity index (χ2n) is 5.85. The summed E-state index contributed by atoms with van der Waals surface area (Å²) >= 11 is 5.92. The average molecular weight is 466 g/mol. The number of hydrogen-bond donors (Lipinski definition) is 2. The van der Waals surface area contributed by atoms with Gasteiger partial charge in [-0.1, -0.05) is 11.6 Å². The molecule has 0 atom stereocenters. The molecule has 134 valence electrons. The van der Waals surface area contributed by atoms with Crippen molar-refractivity contribution >= 4 is 53.1 Å². The molecule has 1 aliphatic rings. The Morgan fingerprint density at radius 2 is 1.83 bits per heavy atom. The fourth-order valence-electron chi connectivity index (χ4n) is 2.47. The Kier molecular flexibility index (Phi) is 8.61. The third kappa shape index (κ3) is 6.35. The van der Waals surface area contributed by atoms with Gasteiger partial charge >= 0.3 is 0 Å². The number of carbonyl (C=O) groups excluding carboxylic acids is 1. The Morgan fingerprint density at radius 3 is 2.38 bits per heavy atom. The molecule has 0 spiro atoms. The molecule has 8 heteroatoms. The van der Waals surface area contributed by atoms with E-state index in [1.165, 1.54) is 0 Å². The van der Waals surface area contributed by atoms with E-state index in [1.54, 1.807) is 0 Å². The fourth-order valence-corrected chi connectivity index (χ4v) is 2.59. The summed E-state index contributed by atoms with van der Waals surface area (Å²) in [4.78, 5) is 20.1. The molecule has 1 saturated heterocycles. The summed E-state index contributed by atoms with van der Waals surface area (Å²) in [6.07, 6.45) is 0. The molecule has 1 amide bonds. The molecule has 24 heavy (non-hydrogen) atoms. The molecule has 1 heterocycles. The van der Waals surface area contributed by atoms with Gasteiger partial charge in [-0.25, -0.2) is 4.99 Å². The fraction of sp³-hybridized carbons (Fsp3) is 0.500. The van der Waals surface area contributed by atoms with Crippen LogP contribution in [0.3, 0.4) is 0 Å². The van der Waals surface area contributed by atoms with E-state index in [2.05, 4.69) is 15.2 Å². The van der Waals surface area contributed by atoms with Crippen LogP contribution >= 0.6 is 35.6 Å². The Bertz CT molecular complexity index is 556. The average Bonchev–Trinajstić information content (AvgIpc) is 2.53. The number of nitrogens with zero attached hydrogens (tertiary/aromatic N) is 3. The van der Waals surface area contributed by atoms with Crippen LogP contribution in [0.4, 0.5) is 5.69 Å². The normalized spacial score (nSPS) is 15.2. The van der Waals surface area contributed by atoms with Crippen molar-refractivity contribution in [1.29, 1.82) is 0 Å². The van der Waals surface area contributed by atoms with Gasteiger partial charge in [0.05, 0.1) is 0 Å². The lowest BCUT2D eigenvalue weighted by Gasteiger charge is -2.36. The maximum absolute atomic E-state index is 11.6. The van der Waals surface area contributed by atoms with Crippen molar-refractivity contribution < 1.29 is 4.79 Å². The van der Waals surface area contributed by atoms with Crippen molar-refractivity contribution in [3.63, 3.8) is 0 Å². The lowest BCUT2D eigenvalue weighted by molar-refractivity contribution is -0.120. The van der Waals surface area contributed by atoms with Crippen LogP contribution in [0.1, 0.15) is 13.8 Å². The Hall–Kier alpha value is -1.22. The monoisotopic (exact) mass is 465 g/mol. The smallest absolute Gasteiger partial charge is 0.242 e. The lowest BCUT2D eigenvalue weighted by atomic mass is 10.2. The van der Waals surface area contributed by atoms with E-state index in [-0.39, 0.29) is 42.5 Å². The van der Waals surface area contributed by atoms with Crippen LogP contribution in [0.15, 0.2) is 29.3 Å². The molecule has 0 aromatic heterocycles. The second kappa shape index (κ2) is 9.93. The highest BCUT2D eigenvalue weighted by Crippen LogP contribution is 2.19. The number of halogens is 2. The summed E-state index contributed by atoms with van der Waals surface area (Å²) in [7, 11) is 0. The van der Waals surface area contributed by atoms with Gasteiger partial charge in [-0.15, -0.1) is 24.0 Å². The molecule has 3 N–H and O–H groups in total. The van der Waals surface area contributed by atoms with Crippen LogP contribution in [-0.2, 0) is 4.79 Å². The number of nitrogens with two attached hydrogens (primary N) is 1. The molecular formula is C16H25ClIN5O. The molecule has 1 aliphatic heterocycles. The zero-order chi connectivity index (χ0) is 16.8. The topological polar surface area (TPSA) is 74.0 Å². The number of piperazine rings is 1. The first-order chi connectivity index (χ1) is 11.0. The third-order valence-electron chi connectivity index (χ3n) is 3.63. The molecular weight excluding hydrogens is 441 g/mol. The molecule has 2 rings (SSSR count). The van der Waals surface area contributed by atoms with Gasteiger partial charge in [0.2, 0.25) is 5.91 Å². The van der Waals surface area contributed by atoms with Crippen LogP contribution in [0.25, 0.3) is 0 Å². The number of benzene rings is 1. The number of anilines is 1. The predicted molar refractivity (Wildman–Crippen MR) is 110 cm³/mol. The Labute approximate surface area is 165 Å². The summed E-state index contributed by atoms with van der Waals surface area (Å²) in [5.74, 6) is 0.322. The van der Waals surface area contributed by atoms with Crippen LogP contribution in [0.2, 0.25) is 5.02 Å². The summed E-state index contributed by atoms with van der Waals surface area (Å²) < 4.78 is 0. The van der Waals surface area contributed by atoms with Crippen molar-refractivity contribution in [3.8, 4) is 0 Å². The van der Waals surface area contributed by atoms with Gasteiger partial charge in [-0.2, -0.15) is 0 Å². The first-order valence-corrected chi connectivity index (χ1v) is 8.18. The van der Waals surface area contributed by atoms with Gasteiger partial charge < -0.3 is 20.9 Å². The van der Waals surface area contributed by atoms with Gasteiger partial charge in [0, 0.05) is 42.9 Å². The van der Waals surface area contributed by atoms with Gasteiger partial charge in [0.15, 0.2) is 5.96 Å². The van der Waals surface area contributed by atoms with E-state index >= 15 is 0 Å². The van der Waals surface area contributed by atoms with Gasteiger partial charge in [-0.05, 0) is 38.1 Å². The number of carbonyl (C=O) groups is 1. The van der Waals surface area contributed by atoms with E-state index in [0.717, 1.165) is 36.9 Å². The molecule has 1 fully saturated rings. The van der Waals surface area contributed by atoms with Crippen LogP contribution in [0.5, 0.6) is 0 Å². The highest BCUT2D eigenvalue weighted by molar-refractivity contribution is 14.0. The van der Waals surface area contributed by atoms with Crippen LogP contribution in [0, 0.1) is 0 Å². The zero-order valence-electron chi connectivity index (χ0n) is 14.0. The molecule has 0 aliphatic carbocycles. The minimum atomic E-state index is -0.109. The lowest BCUT2D eigenvalue weighted by Crippen LogP contribution is -2.51. The zero-order valence-corrected chi connectivity index (χ0v) is 17.1. The molecule has 0 radical (unpaired) electrons. The first kappa shape index (κ1) is 20.8. The summed E-state index contributed by atoms with van der Waals surface area (Å²) in [6, 6.07) is 7.94. The van der Waals surface area contributed by atoms with E-state index in [9.17, 15) is 4.79 Å². The molecule has 1 aromatic carbocycles. The number of amides is 1. The standard InChI is InChI=1S/C16H24ClN5O.HI/c1-12(2)20-15(23)11-19-16(18)22-9-7-21(8-10-22)14-5-3-13(17)4-6-14;/h3-6,12H,7-11H2,1-2H3,(H2,18,19)(H,20,23);1H. The van der Waals surface area contributed by atoms with E-state index in [4.69, 9.17) is 17.3 Å². The highest BCUT2D eigenvalue weighted by Gasteiger charge is 2.18. The molecule has 0 bridgehead atoms. The number of guanidine groups is 1. The van der Waals surface area contributed by atoms with Crippen LogP contribution in [-0.4, -0.2) is 55.5 Å². The quantitative estimate of drug-likeness (QED) is 0.405. The van der Waals surface area contributed by atoms with E-state index in [0.29, 0.717) is 5.96 Å². The van der Waals surface area contributed by atoms with Gasteiger partial charge in [0.1, 0.15) is 6.54 Å². The Balaban J connectivity index is 0.00000288. The van der Waals surface area contributed by atoms with E-state index in [1.807, 2.05) is 43.0 Å². The summed E-state index contributed by atoms with van der Waals surface area (Å²) in [5, 5.41) is 3.53. The summed E-state index contributed by atoms with van der Waals surface area (Å²) in [5.41, 5.74) is 7.15. The molecule has 1 aromatic rings. The molecule has 0 unspecified atom stereocenters. The van der Waals surface area contributed by atoms with E-state index < -0.39 is 0 Å². The van der Waals surface area contributed by atoms with Gasteiger partial charge in [-0.3, -0.25) is 4.79 Å². The molecule has 6 nitrogen and oxygen atoms in total. The van der Waals surface area contributed by atoms with Crippen molar-refractivity contribution in [2.24, 2.45) is 10.7 Å². The Morgan fingerprint density at radius 1 is 1.25 bits per heavy atom. The van der Waals surface area contributed by atoms with Crippen molar-refractivity contribution in [1.82, 2.24) is 10.2 Å². The predicted octanol–water partition coefficient (Wildman–Crippen LogP) is 1.92. The number of aliphatic imine (C=N–C) groups is 1. The largest absolute Gasteiger partial charge is 0.370 e.